The van der Waals surface area contributed by atoms with Crippen LogP contribution in [-0.2, 0) is 25.6 Å². The van der Waals surface area contributed by atoms with E-state index in [4.69, 9.17) is 16.9 Å². The number of anilines is 1. The Bertz CT molecular complexity index is 1310. The minimum Gasteiger partial charge on any atom is -0.359 e. The quantitative estimate of drug-likeness (QED) is 0.579. The number of rotatable bonds is 6. The second kappa shape index (κ2) is 9.23. The molecule has 2 N–H and O–H groups in total. The highest BCUT2D eigenvalue weighted by molar-refractivity contribution is 6.30. The van der Waals surface area contributed by atoms with E-state index >= 15 is 0 Å². The van der Waals surface area contributed by atoms with Gasteiger partial charge < -0.3 is 5.32 Å². The zero-order valence-electron chi connectivity index (χ0n) is 16.6. The molecule has 0 amide bonds. The van der Waals surface area contributed by atoms with E-state index in [2.05, 4.69) is 20.3 Å². The normalized spacial score (nSPS) is 11.2. The Morgan fingerprint density at radius 1 is 1.22 bits per heavy atom. The summed E-state index contributed by atoms with van der Waals surface area (Å²) in [6.07, 6.45) is -3.12. The van der Waals surface area contributed by atoms with Gasteiger partial charge in [-0.3, -0.25) is 19.1 Å². The molecular weight excluding hydrogens is 449 g/mol. The molecule has 0 saturated heterocycles. The molecule has 12 heteroatoms. The summed E-state index contributed by atoms with van der Waals surface area (Å²) in [5, 5.41) is 11.9. The number of aromatic nitrogens is 4. The van der Waals surface area contributed by atoms with Gasteiger partial charge in [0.05, 0.1) is 30.1 Å². The van der Waals surface area contributed by atoms with E-state index in [-0.39, 0.29) is 41.5 Å². The first-order valence-corrected chi connectivity index (χ1v) is 9.61. The van der Waals surface area contributed by atoms with Crippen molar-refractivity contribution in [1.82, 2.24) is 19.5 Å². The van der Waals surface area contributed by atoms with Gasteiger partial charge >= 0.3 is 6.18 Å². The number of H-pyrrole nitrogens is 1. The lowest BCUT2D eigenvalue weighted by Crippen LogP contribution is -2.31. The lowest BCUT2D eigenvalue weighted by molar-refractivity contribution is -0.142. The first kappa shape index (κ1) is 23.0. The lowest BCUT2D eigenvalue weighted by atomic mass is 10.0. The molecule has 0 spiro atoms. The summed E-state index contributed by atoms with van der Waals surface area (Å²) < 4.78 is 41.4. The van der Waals surface area contributed by atoms with Gasteiger partial charge in [-0.25, -0.2) is 9.97 Å². The summed E-state index contributed by atoms with van der Waals surface area (Å²) in [4.78, 5) is 34.9. The van der Waals surface area contributed by atoms with Crippen molar-refractivity contribution in [2.75, 3.05) is 12.4 Å². The maximum atomic E-state index is 13.5. The van der Waals surface area contributed by atoms with E-state index in [9.17, 15) is 22.8 Å². The number of nitrogens with one attached hydrogen (secondary N) is 2. The minimum absolute atomic E-state index is 0.0261. The third-order valence-corrected chi connectivity index (χ3v) is 4.82. The number of nitrogens with zero attached hydrogens (tertiary/aromatic N) is 4. The van der Waals surface area contributed by atoms with Gasteiger partial charge in [-0.1, -0.05) is 11.6 Å². The number of aromatic amines is 1. The zero-order valence-corrected chi connectivity index (χ0v) is 17.4. The molecule has 0 radical (unpaired) electrons. The van der Waals surface area contributed by atoms with Crippen LogP contribution in [0.4, 0.5) is 19.1 Å². The summed E-state index contributed by atoms with van der Waals surface area (Å²) in [6.45, 7) is -0.307. The van der Waals surface area contributed by atoms with Crippen molar-refractivity contribution >= 4 is 17.5 Å². The van der Waals surface area contributed by atoms with Gasteiger partial charge in [-0.15, -0.1) is 0 Å². The summed E-state index contributed by atoms with van der Waals surface area (Å²) in [5.74, 6) is 0.204. The molecule has 0 atom stereocenters. The average Bonchev–Trinajstić information content (AvgIpc) is 2.74. The van der Waals surface area contributed by atoms with Gasteiger partial charge in [0.15, 0.2) is 5.69 Å². The second-order valence-electron chi connectivity index (χ2n) is 6.80. The highest BCUT2D eigenvalue weighted by atomic mass is 35.5. The van der Waals surface area contributed by atoms with Crippen LogP contribution in [0.5, 0.6) is 0 Å². The van der Waals surface area contributed by atoms with E-state index < -0.39 is 28.6 Å². The van der Waals surface area contributed by atoms with Crippen molar-refractivity contribution in [3.63, 3.8) is 0 Å². The molecule has 3 aromatic rings. The third kappa shape index (κ3) is 5.15. The zero-order chi connectivity index (χ0) is 23.5. The van der Waals surface area contributed by atoms with Crippen LogP contribution in [0.15, 0.2) is 40.3 Å². The van der Waals surface area contributed by atoms with Crippen LogP contribution in [0, 0.1) is 11.3 Å². The maximum Gasteiger partial charge on any atom is 0.433 e. The van der Waals surface area contributed by atoms with Crippen molar-refractivity contribution in [3.05, 3.63) is 84.4 Å². The van der Waals surface area contributed by atoms with E-state index in [1.807, 2.05) is 6.07 Å². The van der Waals surface area contributed by atoms with Crippen LogP contribution < -0.4 is 16.4 Å². The second-order valence-corrected chi connectivity index (χ2v) is 7.24. The number of alkyl halides is 3. The summed E-state index contributed by atoms with van der Waals surface area (Å²) in [6, 6.07) is 6.34. The largest absolute Gasteiger partial charge is 0.433 e. The van der Waals surface area contributed by atoms with Crippen molar-refractivity contribution in [2.45, 2.75) is 25.6 Å². The van der Waals surface area contributed by atoms with Gasteiger partial charge in [0.25, 0.3) is 11.1 Å². The molecule has 0 aliphatic carbocycles. The molecule has 32 heavy (non-hydrogen) atoms. The Kier molecular flexibility index (Phi) is 6.64. The fourth-order valence-corrected chi connectivity index (χ4v) is 3.35. The molecule has 8 nitrogen and oxygen atoms in total. The molecular formula is C20H16ClF3N6O2. The molecule has 1 aromatic carbocycles. The van der Waals surface area contributed by atoms with Gasteiger partial charge in [0.1, 0.15) is 0 Å². The predicted molar refractivity (Wildman–Crippen MR) is 111 cm³/mol. The molecule has 0 saturated carbocycles. The van der Waals surface area contributed by atoms with Crippen LogP contribution in [0.3, 0.4) is 0 Å². The predicted octanol–water partition coefficient (Wildman–Crippen LogP) is 2.75. The minimum atomic E-state index is -4.84. The van der Waals surface area contributed by atoms with E-state index in [0.717, 1.165) is 10.9 Å². The van der Waals surface area contributed by atoms with E-state index in [1.165, 1.54) is 24.4 Å². The smallest absolute Gasteiger partial charge is 0.359 e. The number of aryl methyl sites for hydroxylation is 1. The van der Waals surface area contributed by atoms with Crippen molar-refractivity contribution in [2.24, 2.45) is 0 Å². The van der Waals surface area contributed by atoms with Crippen LogP contribution in [-0.4, -0.2) is 26.6 Å². The number of nitriles is 1. The standard InChI is InChI=1S/C20H16ClF3N6O2/c1-26-19-27-8-13(17(31)29-19)9-30-10-28-16(20(22,23)24)15(18(30)32)3-2-11-4-12(7-25)6-14(21)5-11/h4-6,8,10H,2-3,9H2,1H3,(H2,26,27,29,31). The molecule has 0 unspecified atom stereocenters. The number of hydrogen-bond donors (Lipinski definition) is 2. The highest BCUT2D eigenvalue weighted by Crippen LogP contribution is 2.29. The van der Waals surface area contributed by atoms with Crippen LogP contribution >= 0.6 is 11.6 Å². The Morgan fingerprint density at radius 3 is 2.59 bits per heavy atom. The van der Waals surface area contributed by atoms with Crippen LogP contribution in [0.1, 0.15) is 27.9 Å². The molecule has 3 rings (SSSR count). The van der Waals surface area contributed by atoms with E-state index in [0.29, 0.717) is 5.56 Å². The first-order valence-electron chi connectivity index (χ1n) is 9.23. The van der Waals surface area contributed by atoms with Crippen LogP contribution in [0.25, 0.3) is 0 Å². The summed E-state index contributed by atoms with van der Waals surface area (Å²) in [7, 11) is 1.55. The van der Waals surface area contributed by atoms with Crippen LogP contribution in [0.2, 0.25) is 5.02 Å². The molecule has 2 aromatic heterocycles. The number of hydrogen-bond acceptors (Lipinski definition) is 6. The fourth-order valence-electron chi connectivity index (χ4n) is 3.09. The average molecular weight is 465 g/mol. The highest BCUT2D eigenvalue weighted by Gasteiger charge is 2.36. The fraction of sp³-hybridized carbons (Fsp3) is 0.250. The van der Waals surface area contributed by atoms with Gasteiger partial charge in [0, 0.05) is 23.8 Å². The van der Waals surface area contributed by atoms with Crippen molar-refractivity contribution < 1.29 is 13.2 Å². The van der Waals surface area contributed by atoms with Gasteiger partial charge in [-0.05, 0) is 36.6 Å². The maximum absolute atomic E-state index is 13.5. The topological polar surface area (TPSA) is 116 Å². The molecule has 2 heterocycles. The first-order chi connectivity index (χ1) is 15.1. The molecule has 0 aliphatic heterocycles. The SMILES string of the molecule is CNc1ncc(Cn2cnc(C(F)(F)F)c(CCc3cc(Cl)cc(C#N)c3)c2=O)c(=O)[nH]1. The van der Waals surface area contributed by atoms with Crippen molar-refractivity contribution in [3.8, 4) is 6.07 Å². The van der Waals surface area contributed by atoms with Crippen molar-refractivity contribution in [1.29, 1.82) is 5.26 Å². The summed E-state index contributed by atoms with van der Waals surface area (Å²) >= 11 is 5.95. The van der Waals surface area contributed by atoms with Gasteiger partial charge in [0.2, 0.25) is 5.95 Å². The molecule has 0 aliphatic rings. The third-order valence-electron chi connectivity index (χ3n) is 4.60. The monoisotopic (exact) mass is 464 g/mol. The lowest BCUT2D eigenvalue weighted by Gasteiger charge is -2.14. The molecule has 0 bridgehead atoms. The van der Waals surface area contributed by atoms with Gasteiger partial charge in [-0.2, -0.15) is 18.4 Å². The number of benzene rings is 1. The number of halogens is 4. The Hall–Kier alpha value is -3.65. The Labute approximate surface area is 184 Å². The van der Waals surface area contributed by atoms with E-state index in [1.54, 1.807) is 7.05 Å². The Morgan fingerprint density at radius 2 is 1.97 bits per heavy atom. The Balaban J connectivity index is 1.98. The summed E-state index contributed by atoms with van der Waals surface area (Å²) in [5.41, 5.74) is -2.47. The molecule has 0 fully saturated rings. The molecule has 166 valence electrons.